The molecule has 2 rings (SSSR count). The Morgan fingerprint density at radius 2 is 1.52 bits per heavy atom. The lowest BCUT2D eigenvalue weighted by Crippen LogP contribution is -2.46. The second kappa shape index (κ2) is 6.83. The van der Waals surface area contributed by atoms with E-state index in [4.69, 9.17) is 4.74 Å². The predicted molar refractivity (Wildman–Crippen MR) is 73.8 cm³/mol. The molecule has 4 nitrogen and oxygen atoms in total. The fourth-order valence-electron chi connectivity index (χ4n) is 2.36. The third-order valence-corrected chi connectivity index (χ3v) is 3.85. The van der Waals surface area contributed by atoms with Gasteiger partial charge in [0.15, 0.2) is 0 Å². The van der Waals surface area contributed by atoms with E-state index in [-0.39, 0.29) is 38.7 Å². The summed E-state index contributed by atoms with van der Waals surface area (Å²) in [5.41, 5.74) is -5.23. The third kappa shape index (κ3) is 5.08. The Morgan fingerprint density at radius 3 is 1.96 bits per heavy atom. The number of ether oxygens (including phenoxy) is 1. The number of benzene rings is 1. The number of hydrogen-bond acceptors (Lipinski definition) is 3. The highest BCUT2D eigenvalue weighted by Gasteiger charge is 2.38. The van der Waals surface area contributed by atoms with Crippen molar-refractivity contribution in [2.45, 2.75) is 30.8 Å². The van der Waals surface area contributed by atoms with Gasteiger partial charge in [-0.05, 0) is 18.2 Å². The zero-order valence-corrected chi connectivity index (χ0v) is 12.8. The van der Waals surface area contributed by atoms with E-state index in [0.717, 1.165) is 0 Å². The summed E-state index contributed by atoms with van der Waals surface area (Å²) in [6.45, 7) is 0.190. The molecule has 0 atom stereocenters. The van der Waals surface area contributed by atoms with Crippen LogP contribution in [0.5, 0.6) is 0 Å². The molecule has 0 spiro atoms. The normalized spacial score (nSPS) is 18.0. The van der Waals surface area contributed by atoms with Gasteiger partial charge < -0.3 is 15.2 Å². The Hall–Kier alpha value is -1.81. The number of carbonyl (C=O) groups excluding carboxylic acids is 1. The second-order valence-corrected chi connectivity index (χ2v) is 5.81. The first kappa shape index (κ1) is 19.5. The SMILES string of the molecule is O=C(NCC1(O)CCOCC1)c1cc(C(F)(F)F)cc(C(F)(F)F)c1. The van der Waals surface area contributed by atoms with Gasteiger partial charge in [-0.2, -0.15) is 26.3 Å². The standard InChI is InChI=1S/C15H15F6NO3/c16-14(17,18)10-5-9(6-11(7-10)15(19,20)21)12(23)22-8-13(24)1-3-25-4-2-13/h5-7,24H,1-4,8H2,(H,22,23). The number of carbonyl (C=O) groups is 1. The van der Waals surface area contributed by atoms with Crippen LogP contribution in [0.25, 0.3) is 0 Å². The Bertz CT molecular complexity index is 603. The van der Waals surface area contributed by atoms with Crippen molar-refractivity contribution in [2.75, 3.05) is 19.8 Å². The van der Waals surface area contributed by atoms with E-state index in [1.165, 1.54) is 0 Å². The fourth-order valence-corrected chi connectivity index (χ4v) is 2.36. The molecular weight excluding hydrogens is 356 g/mol. The van der Waals surface area contributed by atoms with Crippen molar-refractivity contribution in [3.63, 3.8) is 0 Å². The molecule has 0 unspecified atom stereocenters. The average Bonchev–Trinajstić information content (AvgIpc) is 2.51. The van der Waals surface area contributed by atoms with Crippen molar-refractivity contribution in [1.82, 2.24) is 5.32 Å². The molecule has 1 aromatic rings. The van der Waals surface area contributed by atoms with E-state index in [2.05, 4.69) is 5.32 Å². The number of hydrogen-bond donors (Lipinski definition) is 2. The van der Waals surface area contributed by atoms with Crippen LogP contribution in [0.15, 0.2) is 18.2 Å². The average molecular weight is 371 g/mol. The molecule has 1 heterocycles. The van der Waals surface area contributed by atoms with Crippen molar-refractivity contribution in [2.24, 2.45) is 0 Å². The lowest BCUT2D eigenvalue weighted by atomic mass is 9.94. The summed E-state index contributed by atoms with van der Waals surface area (Å²) >= 11 is 0. The molecule has 1 aromatic carbocycles. The van der Waals surface area contributed by atoms with Gasteiger partial charge in [-0.1, -0.05) is 0 Å². The summed E-state index contributed by atoms with van der Waals surface area (Å²) < 4.78 is 81.7. The van der Waals surface area contributed by atoms with Crippen molar-refractivity contribution < 1.29 is 41.0 Å². The molecule has 0 aliphatic carbocycles. The molecule has 0 bridgehead atoms. The molecule has 0 aromatic heterocycles. The highest BCUT2D eigenvalue weighted by Crippen LogP contribution is 2.36. The summed E-state index contributed by atoms with van der Waals surface area (Å²) in [5.74, 6) is -1.13. The first-order valence-electron chi connectivity index (χ1n) is 7.29. The van der Waals surface area contributed by atoms with Crippen LogP contribution in [0, 0.1) is 0 Å². The van der Waals surface area contributed by atoms with Gasteiger partial charge >= 0.3 is 12.4 Å². The smallest absolute Gasteiger partial charge is 0.388 e. The van der Waals surface area contributed by atoms with Crippen LogP contribution in [-0.2, 0) is 17.1 Å². The number of alkyl halides is 6. The number of rotatable bonds is 3. The van der Waals surface area contributed by atoms with Crippen LogP contribution in [0.3, 0.4) is 0 Å². The van der Waals surface area contributed by atoms with Gasteiger partial charge in [-0.25, -0.2) is 0 Å². The lowest BCUT2D eigenvalue weighted by molar-refractivity contribution is -0.143. The van der Waals surface area contributed by atoms with Crippen LogP contribution in [0.1, 0.15) is 34.3 Å². The maximum Gasteiger partial charge on any atom is 0.416 e. The van der Waals surface area contributed by atoms with E-state index >= 15 is 0 Å². The number of halogens is 6. The van der Waals surface area contributed by atoms with E-state index in [0.29, 0.717) is 12.1 Å². The number of nitrogens with one attached hydrogen (secondary N) is 1. The van der Waals surface area contributed by atoms with Gasteiger partial charge in [0, 0.05) is 38.2 Å². The van der Waals surface area contributed by atoms with Gasteiger partial charge in [0.05, 0.1) is 16.7 Å². The maximum absolute atomic E-state index is 12.8. The fraction of sp³-hybridized carbons (Fsp3) is 0.533. The second-order valence-electron chi connectivity index (χ2n) is 5.81. The molecule has 1 amide bonds. The molecule has 1 aliphatic heterocycles. The first-order chi connectivity index (χ1) is 11.4. The lowest BCUT2D eigenvalue weighted by Gasteiger charge is -2.32. The highest BCUT2D eigenvalue weighted by molar-refractivity contribution is 5.94. The van der Waals surface area contributed by atoms with Gasteiger partial charge in [0.25, 0.3) is 5.91 Å². The van der Waals surface area contributed by atoms with Crippen molar-refractivity contribution in [3.05, 3.63) is 34.9 Å². The molecular formula is C15H15F6NO3. The largest absolute Gasteiger partial charge is 0.416 e. The van der Waals surface area contributed by atoms with Gasteiger partial charge in [0.1, 0.15) is 0 Å². The zero-order chi connectivity index (χ0) is 18.9. The van der Waals surface area contributed by atoms with Crippen molar-refractivity contribution >= 4 is 5.91 Å². The summed E-state index contributed by atoms with van der Waals surface area (Å²) in [6, 6.07) is 0.639. The van der Waals surface area contributed by atoms with E-state index in [1.807, 2.05) is 0 Å². The van der Waals surface area contributed by atoms with Gasteiger partial charge in [0.2, 0.25) is 0 Å². The molecule has 2 N–H and O–H groups in total. The Morgan fingerprint density at radius 1 is 1.04 bits per heavy atom. The third-order valence-electron chi connectivity index (χ3n) is 3.85. The molecule has 1 aliphatic rings. The van der Waals surface area contributed by atoms with E-state index in [1.54, 1.807) is 0 Å². The molecule has 1 fully saturated rings. The van der Waals surface area contributed by atoms with Crippen molar-refractivity contribution in [1.29, 1.82) is 0 Å². The van der Waals surface area contributed by atoms with Gasteiger partial charge in [-0.3, -0.25) is 4.79 Å². The number of amides is 1. The van der Waals surface area contributed by atoms with Crippen LogP contribution in [-0.4, -0.2) is 36.4 Å². The van der Waals surface area contributed by atoms with Crippen LogP contribution in [0.2, 0.25) is 0 Å². The quantitative estimate of drug-likeness (QED) is 0.804. The molecule has 0 radical (unpaired) electrons. The molecule has 25 heavy (non-hydrogen) atoms. The van der Waals surface area contributed by atoms with Crippen molar-refractivity contribution in [3.8, 4) is 0 Å². The molecule has 140 valence electrons. The topological polar surface area (TPSA) is 58.6 Å². The predicted octanol–water partition coefficient (Wildman–Crippen LogP) is 3.00. The summed E-state index contributed by atoms with van der Waals surface area (Å²) in [7, 11) is 0. The summed E-state index contributed by atoms with van der Waals surface area (Å²) in [6.07, 6.45) is -9.67. The monoisotopic (exact) mass is 371 g/mol. The van der Waals surface area contributed by atoms with E-state index in [9.17, 15) is 36.2 Å². The van der Waals surface area contributed by atoms with Crippen LogP contribution >= 0.6 is 0 Å². The van der Waals surface area contributed by atoms with Gasteiger partial charge in [-0.15, -0.1) is 0 Å². The molecule has 1 saturated heterocycles. The first-order valence-corrected chi connectivity index (χ1v) is 7.29. The Kier molecular flexibility index (Phi) is 5.33. The molecule has 0 saturated carbocycles. The molecule has 10 heteroatoms. The minimum absolute atomic E-state index is 0.0528. The number of aliphatic hydroxyl groups is 1. The Balaban J connectivity index is 2.23. The minimum atomic E-state index is -5.03. The van der Waals surface area contributed by atoms with Crippen LogP contribution < -0.4 is 5.32 Å². The summed E-state index contributed by atoms with van der Waals surface area (Å²) in [5, 5.41) is 12.4. The van der Waals surface area contributed by atoms with Crippen LogP contribution in [0.4, 0.5) is 26.3 Å². The zero-order valence-electron chi connectivity index (χ0n) is 12.8. The Labute approximate surface area is 138 Å². The highest BCUT2D eigenvalue weighted by atomic mass is 19.4. The van der Waals surface area contributed by atoms with E-state index < -0.39 is 40.6 Å². The minimum Gasteiger partial charge on any atom is -0.388 e. The maximum atomic E-state index is 12.8. The summed E-state index contributed by atoms with van der Waals surface area (Å²) in [4.78, 5) is 12.0.